The smallest absolute Gasteiger partial charge is 0.251 e. The van der Waals surface area contributed by atoms with E-state index in [2.05, 4.69) is 29.4 Å². The quantitative estimate of drug-likeness (QED) is 0.680. The predicted molar refractivity (Wildman–Crippen MR) is 97.7 cm³/mol. The number of hydrogen-bond donors (Lipinski definition) is 2. The van der Waals surface area contributed by atoms with Gasteiger partial charge >= 0.3 is 0 Å². The molecule has 1 aromatic carbocycles. The van der Waals surface area contributed by atoms with Crippen LogP contribution in [0.15, 0.2) is 24.3 Å². The third-order valence-corrected chi connectivity index (χ3v) is 4.23. The van der Waals surface area contributed by atoms with Gasteiger partial charge in [0.05, 0.1) is 6.61 Å². The lowest BCUT2D eigenvalue weighted by molar-refractivity contribution is 0.0951. The summed E-state index contributed by atoms with van der Waals surface area (Å²) in [4.78, 5) is 14.6. The van der Waals surface area contributed by atoms with Gasteiger partial charge in [0, 0.05) is 38.3 Å². The highest BCUT2D eigenvalue weighted by Crippen LogP contribution is 2.13. The molecule has 24 heavy (non-hydrogen) atoms. The summed E-state index contributed by atoms with van der Waals surface area (Å²) < 4.78 is 5.67. The maximum absolute atomic E-state index is 12.1. The molecule has 0 unspecified atom stereocenters. The first-order valence-corrected chi connectivity index (χ1v) is 9.09. The summed E-state index contributed by atoms with van der Waals surface area (Å²) in [5.41, 5.74) is 0.688. The van der Waals surface area contributed by atoms with Crippen LogP contribution in [-0.4, -0.2) is 56.7 Å². The van der Waals surface area contributed by atoms with Crippen LogP contribution in [0.3, 0.4) is 0 Å². The van der Waals surface area contributed by atoms with Crippen molar-refractivity contribution in [2.45, 2.75) is 26.7 Å². The zero-order valence-corrected chi connectivity index (χ0v) is 15.0. The van der Waals surface area contributed by atoms with Gasteiger partial charge in [0.2, 0.25) is 0 Å². The fourth-order valence-electron chi connectivity index (χ4n) is 2.66. The van der Waals surface area contributed by atoms with Crippen LogP contribution >= 0.6 is 0 Å². The molecule has 1 saturated heterocycles. The van der Waals surface area contributed by atoms with Crippen molar-refractivity contribution in [3.8, 4) is 5.75 Å². The fourth-order valence-corrected chi connectivity index (χ4v) is 2.66. The van der Waals surface area contributed by atoms with Gasteiger partial charge in [0.1, 0.15) is 5.75 Å². The molecule has 0 bridgehead atoms. The molecule has 0 atom stereocenters. The Morgan fingerprint density at radius 1 is 1.25 bits per heavy atom. The Kier molecular flexibility index (Phi) is 8.05. The Balaban J connectivity index is 1.64. The van der Waals surface area contributed by atoms with Crippen LogP contribution in [0.25, 0.3) is 0 Å². The second-order valence-corrected chi connectivity index (χ2v) is 6.76. The molecule has 0 saturated carbocycles. The number of carbonyl (C=O) groups excluding carboxylic acids is 1. The van der Waals surface area contributed by atoms with Gasteiger partial charge in [-0.1, -0.05) is 13.8 Å². The van der Waals surface area contributed by atoms with E-state index in [9.17, 15) is 4.79 Å². The number of carbonyl (C=O) groups is 1. The largest absolute Gasteiger partial charge is 0.494 e. The number of rotatable bonds is 9. The zero-order valence-electron chi connectivity index (χ0n) is 15.0. The lowest BCUT2D eigenvalue weighted by Gasteiger charge is -2.27. The number of piperazine rings is 1. The Morgan fingerprint density at radius 2 is 1.96 bits per heavy atom. The molecule has 0 aliphatic carbocycles. The van der Waals surface area contributed by atoms with Gasteiger partial charge in [0.25, 0.3) is 5.91 Å². The van der Waals surface area contributed by atoms with Crippen LogP contribution < -0.4 is 15.4 Å². The van der Waals surface area contributed by atoms with Gasteiger partial charge in [-0.05, 0) is 49.6 Å². The van der Waals surface area contributed by atoms with Crippen LogP contribution in [0.5, 0.6) is 5.75 Å². The number of nitrogens with one attached hydrogen (secondary N) is 2. The number of hydrogen-bond acceptors (Lipinski definition) is 4. The van der Waals surface area contributed by atoms with Crippen molar-refractivity contribution in [3.05, 3.63) is 29.8 Å². The molecule has 0 aromatic heterocycles. The average Bonchev–Trinajstić information content (AvgIpc) is 2.60. The van der Waals surface area contributed by atoms with Gasteiger partial charge in [-0.3, -0.25) is 4.79 Å². The first-order valence-electron chi connectivity index (χ1n) is 9.09. The topological polar surface area (TPSA) is 53.6 Å². The summed E-state index contributed by atoms with van der Waals surface area (Å²) in [6, 6.07) is 7.40. The van der Waals surface area contributed by atoms with Crippen molar-refractivity contribution < 1.29 is 9.53 Å². The maximum Gasteiger partial charge on any atom is 0.251 e. The lowest BCUT2D eigenvalue weighted by atomic mass is 10.1. The third-order valence-electron chi connectivity index (χ3n) is 4.23. The molecule has 1 fully saturated rings. The third kappa shape index (κ3) is 6.89. The molecule has 1 aliphatic heterocycles. The molecule has 2 N–H and O–H groups in total. The highest BCUT2D eigenvalue weighted by atomic mass is 16.5. The molecule has 1 aromatic rings. The Labute approximate surface area is 145 Å². The van der Waals surface area contributed by atoms with Crippen LogP contribution in [0.1, 0.15) is 37.0 Å². The molecule has 134 valence electrons. The van der Waals surface area contributed by atoms with Gasteiger partial charge in [-0.15, -0.1) is 0 Å². The molecule has 0 spiro atoms. The van der Waals surface area contributed by atoms with Crippen molar-refractivity contribution >= 4 is 5.91 Å². The van der Waals surface area contributed by atoms with E-state index >= 15 is 0 Å². The molecule has 1 heterocycles. The van der Waals surface area contributed by atoms with Crippen molar-refractivity contribution in [2.24, 2.45) is 5.92 Å². The SMILES string of the molecule is CC(C)CCOc1ccc(C(=O)NCCCN2CCNCC2)cc1. The Morgan fingerprint density at radius 3 is 2.62 bits per heavy atom. The van der Waals surface area contributed by atoms with Crippen molar-refractivity contribution in [3.63, 3.8) is 0 Å². The Bertz CT molecular complexity index is 482. The van der Waals surface area contributed by atoms with Gasteiger partial charge in [0.15, 0.2) is 0 Å². The summed E-state index contributed by atoms with van der Waals surface area (Å²) in [6.45, 7) is 11.2. The van der Waals surface area contributed by atoms with Crippen LogP contribution in [0.2, 0.25) is 0 Å². The first kappa shape index (κ1) is 18.7. The molecule has 0 radical (unpaired) electrons. The average molecular weight is 333 g/mol. The number of ether oxygens (including phenoxy) is 1. The summed E-state index contributed by atoms with van der Waals surface area (Å²) in [5, 5.41) is 6.34. The lowest BCUT2D eigenvalue weighted by Crippen LogP contribution is -2.44. The minimum absolute atomic E-state index is 0.0101. The van der Waals surface area contributed by atoms with Crippen molar-refractivity contribution in [1.82, 2.24) is 15.5 Å². The van der Waals surface area contributed by atoms with Crippen molar-refractivity contribution in [1.29, 1.82) is 0 Å². The summed E-state index contributed by atoms with van der Waals surface area (Å²) in [7, 11) is 0. The molecule has 1 aliphatic rings. The van der Waals surface area contributed by atoms with Crippen LogP contribution in [0, 0.1) is 5.92 Å². The molecule has 5 heteroatoms. The van der Waals surface area contributed by atoms with E-state index in [4.69, 9.17) is 4.74 Å². The number of amides is 1. The highest BCUT2D eigenvalue weighted by molar-refractivity contribution is 5.94. The monoisotopic (exact) mass is 333 g/mol. The molecule has 2 rings (SSSR count). The van der Waals surface area contributed by atoms with E-state index in [-0.39, 0.29) is 5.91 Å². The second kappa shape index (κ2) is 10.3. The Hall–Kier alpha value is -1.59. The van der Waals surface area contributed by atoms with E-state index < -0.39 is 0 Å². The summed E-state index contributed by atoms with van der Waals surface area (Å²) >= 11 is 0. The van der Waals surface area contributed by atoms with Crippen LogP contribution in [-0.2, 0) is 0 Å². The minimum Gasteiger partial charge on any atom is -0.494 e. The van der Waals surface area contributed by atoms with Gasteiger partial charge in [-0.2, -0.15) is 0 Å². The maximum atomic E-state index is 12.1. The number of nitrogens with zero attached hydrogens (tertiary/aromatic N) is 1. The molecule has 5 nitrogen and oxygen atoms in total. The van der Waals surface area contributed by atoms with E-state index in [0.29, 0.717) is 11.5 Å². The van der Waals surface area contributed by atoms with E-state index in [1.807, 2.05) is 24.3 Å². The minimum atomic E-state index is -0.0101. The first-order chi connectivity index (χ1) is 11.6. The zero-order chi connectivity index (χ0) is 17.2. The molecule has 1 amide bonds. The second-order valence-electron chi connectivity index (χ2n) is 6.76. The van der Waals surface area contributed by atoms with E-state index in [1.54, 1.807) is 0 Å². The summed E-state index contributed by atoms with van der Waals surface area (Å²) in [6.07, 6.45) is 2.03. The number of benzene rings is 1. The predicted octanol–water partition coefficient (Wildman–Crippen LogP) is 2.14. The molecular formula is C19H31N3O2. The van der Waals surface area contributed by atoms with E-state index in [1.165, 1.54) is 0 Å². The van der Waals surface area contributed by atoms with Gasteiger partial charge < -0.3 is 20.3 Å². The normalized spacial score (nSPS) is 15.5. The van der Waals surface area contributed by atoms with Crippen molar-refractivity contribution in [2.75, 3.05) is 45.9 Å². The summed E-state index contributed by atoms with van der Waals surface area (Å²) in [5.74, 6) is 1.45. The molecular weight excluding hydrogens is 302 g/mol. The van der Waals surface area contributed by atoms with E-state index in [0.717, 1.165) is 64.5 Å². The fraction of sp³-hybridized carbons (Fsp3) is 0.632. The highest BCUT2D eigenvalue weighted by Gasteiger charge is 2.09. The van der Waals surface area contributed by atoms with Gasteiger partial charge in [-0.25, -0.2) is 0 Å². The van der Waals surface area contributed by atoms with Crippen LogP contribution in [0.4, 0.5) is 0 Å². The standard InChI is InChI=1S/C19H31N3O2/c1-16(2)8-15-24-18-6-4-17(5-7-18)19(23)21-9-3-12-22-13-10-20-11-14-22/h4-7,16,20H,3,8-15H2,1-2H3,(H,21,23).